The van der Waals surface area contributed by atoms with E-state index in [1.165, 1.54) is 0 Å². The number of ether oxygens (including phenoxy) is 2. The molecule has 52 heavy (non-hydrogen) atoms. The Kier molecular flexibility index (Phi) is 13.0. The van der Waals surface area contributed by atoms with Crippen LogP contribution in [-0.2, 0) is 32.0 Å². The van der Waals surface area contributed by atoms with E-state index in [0.717, 1.165) is 11.1 Å². The van der Waals surface area contributed by atoms with Gasteiger partial charge in [-0.05, 0) is 85.3 Å². The van der Waals surface area contributed by atoms with Crippen LogP contribution in [-0.4, -0.2) is 69.9 Å². The van der Waals surface area contributed by atoms with Crippen molar-refractivity contribution in [1.29, 1.82) is 0 Å². The maximum absolute atomic E-state index is 14.0. The van der Waals surface area contributed by atoms with Crippen molar-refractivity contribution >= 4 is 23.8 Å². The molecular formula is C42H46N2O8. The van der Waals surface area contributed by atoms with Crippen LogP contribution >= 0.6 is 0 Å². The lowest BCUT2D eigenvalue weighted by molar-refractivity contribution is -0.187. The number of hydrogen-bond acceptors (Lipinski definition) is 6. The standard InChI is InChI=1S/C42H46N2O8/c1-3-25-43(27-23-29-15-19-33(20-16-29)51-31-11-7-5-8-12-31)39(45)35-37(41(47)48)36(38(35)42(49)50)40(46)44(26-4-2)28-24-30-17-21-34(22-18-30)52-32-13-9-6-10-14-32/h5-22,35-38H,3-4,23-28H2,1-2H3,(H,47,48)(H,49,50)/t35-,36-,37-,38-. The number of carboxylic acids is 2. The zero-order chi connectivity index (χ0) is 37.0. The summed E-state index contributed by atoms with van der Waals surface area (Å²) in [6.45, 7) is 5.02. The molecule has 0 spiro atoms. The number of rotatable bonds is 18. The van der Waals surface area contributed by atoms with E-state index in [1.54, 1.807) is 9.80 Å². The molecule has 2 N–H and O–H groups in total. The molecule has 2 amide bonds. The first-order valence-corrected chi connectivity index (χ1v) is 17.9. The van der Waals surface area contributed by atoms with Gasteiger partial charge in [-0.15, -0.1) is 0 Å². The SMILES string of the molecule is CCCN(CCc1ccc(Oc2ccccc2)cc1)C(=O)[C@H]1[C@H](C(=O)O)[C@H](C(=O)N(CCC)CCc2ccc(Oc3ccccc3)cc2)[C@H]1C(=O)O. The molecule has 4 aromatic rings. The van der Waals surface area contributed by atoms with Crippen LogP contribution in [0.1, 0.15) is 37.8 Å². The molecule has 10 heteroatoms. The average molecular weight is 707 g/mol. The fourth-order valence-corrected chi connectivity index (χ4v) is 6.83. The van der Waals surface area contributed by atoms with Gasteiger partial charge in [0.15, 0.2) is 0 Å². The minimum atomic E-state index is -1.44. The molecule has 1 saturated carbocycles. The third-order valence-electron chi connectivity index (χ3n) is 9.44. The molecule has 1 aliphatic rings. The smallest absolute Gasteiger partial charge is 0.308 e. The van der Waals surface area contributed by atoms with Gasteiger partial charge in [0.25, 0.3) is 0 Å². The molecule has 0 radical (unpaired) electrons. The summed E-state index contributed by atoms with van der Waals surface area (Å²) in [7, 11) is 0. The number of para-hydroxylation sites is 2. The Morgan fingerprint density at radius 3 is 1.12 bits per heavy atom. The Balaban J connectivity index is 1.24. The average Bonchev–Trinajstić information content (AvgIpc) is 3.13. The highest BCUT2D eigenvalue weighted by Crippen LogP contribution is 2.49. The normalized spacial score (nSPS) is 17.7. The first kappa shape index (κ1) is 37.6. The minimum absolute atomic E-state index is 0.274. The lowest BCUT2D eigenvalue weighted by atomic mass is 9.55. The summed E-state index contributed by atoms with van der Waals surface area (Å²) in [5.74, 6) is -6.60. The van der Waals surface area contributed by atoms with Gasteiger partial charge >= 0.3 is 11.9 Å². The molecule has 272 valence electrons. The van der Waals surface area contributed by atoms with Crippen LogP contribution in [0.2, 0.25) is 0 Å². The molecule has 10 nitrogen and oxygen atoms in total. The predicted molar refractivity (Wildman–Crippen MR) is 196 cm³/mol. The fraction of sp³-hybridized carbons (Fsp3) is 0.333. The first-order chi connectivity index (χ1) is 25.2. The molecule has 0 aromatic heterocycles. The van der Waals surface area contributed by atoms with Gasteiger partial charge in [0.1, 0.15) is 23.0 Å². The van der Waals surface area contributed by atoms with Gasteiger partial charge in [0.2, 0.25) is 11.8 Å². The Hall–Kier alpha value is -5.64. The van der Waals surface area contributed by atoms with Gasteiger partial charge in [0.05, 0.1) is 23.7 Å². The Bertz CT molecular complexity index is 1640. The molecule has 1 fully saturated rings. The Morgan fingerprint density at radius 2 is 0.808 bits per heavy atom. The molecule has 0 bridgehead atoms. The van der Waals surface area contributed by atoms with Crippen molar-refractivity contribution in [1.82, 2.24) is 9.80 Å². The van der Waals surface area contributed by atoms with Crippen LogP contribution in [0.3, 0.4) is 0 Å². The van der Waals surface area contributed by atoms with E-state index in [9.17, 15) is 29.4 Å². The number of carbonyl (C=O) groups excluding carboxylic acids is 2. The summed E-state index contributed by atoms with van der Waals surface area (Å²) in [6, 6.07) is 33.8. The van der Waals surface area contributed by atoms with Crippen molar-refractivity contribution in [3.05, 3.63) is 120 Å². The van der Waals surface area contributed by atoms with E-state index in [1.807, 2.05) is 123 Å². The summed E-state index contributed by atoms with van der Waals surface area (Å²) in [5.41, 5.74) is 1.88. The van der Waals surface area contributed by atoms with E-state index < -0.39 is 47.4 Å². The van der Waals surface area contributed by atoms with Crippen molar-refractivity contribution in [2.75, 3.05) is 26.2 Å². The van der Waals surface area contributed by atoms with Crippen LogP contribution in [0.25, 0.3) is 0 Å². The Labute approximate surface area is 304 Å². The van der Waals surface area contributed by atoms with E-state index in [0.29, 0.717) is 61.8 Å². The highest BCUT2D eigenvalue weighted by Gasteiger charge is 2.64. The number of aliphatic carboxylic acids is 2. The molecule has 4 aromatic carbocycles. The monoisotopic (exact) mass is 706 g/mol. The summed E-state index contributed by atoms with van der Waals surface area (Å²) >= 11 is 0. The Morgan fingerprint density at radius 1 is 0.481 bits per heavy atom. The van der Waals surface area contributed by atoms with Gasteiger partial charge in [-0.2, -0.15) is 0 Å². The summed E-state index contributed by atoms with van der Waals surface area (Å²) in [5, 5.41) is 20.6. The van der Waals surface area contributed by atoms with Crippen LogP contribution < -0.4 is 9.47 Å². The van der Waals surface area contributed by atoms with Crippen LogP contribution in [0.5, 0.6) is 23.0 Å². The molecule has 0 atom stereocenters. The van der Waals surface area contributed by atoms with Crippen molar-refractivity contribution in [2.24, 2.45) is 23.7 Å². The fourth-order valence-electron chi connectivity index (χ4n) is 6.83. The highest BCUT2D eigenvalue weighted by molar-refractivity contribution is 5.99. The zero-order valence-corrected chi connectivity index (χ0v) is 29.6. The molecule has 5 rings (SSSR count). The van der Waals surface area contributed by atoms with Crippen molar-refractivity contribution < 1.29 is 38.9 Å². The summed E-state index contributed by atoms with van der Waals surface area (Å²) in [6.07, 6.45) is 2.16. The van der Waals surface area contributed by atoms with Crippen molar-refractivity contribution in [3.63, 3.8) is 0 Å². The number of amides is 2. The number of carbonyl (C=O) groups is 4. The quantitative estimate of drug-likeness (QED) is 0.111. The second-order valence-corrected chi connectivity index (χ2v) is 13.0. The van der Waals surface area contributed by atoms with Crippen LogP contribution in [0, 0.1) is 23.7 Å². The van der Waals surface area contributed by atoms with Crippen molar-refractivity contribution in [3.8, 4) is 23.0 Å². The number of carboxylic acid groups (broad SMARTS) is 2. The van der Waals surface area contributed by atoms with E-state index in [-0.39, 0.29) is 13.1 Å². The van der Waals surface area contributed by atoms with Crippen LogP contribution in [0.15, 0.2) is 109 Å². The van der Waals surface area contributed by atoms with Crippen molar-refractivity contribution in [2.45, 2.75) is 39.5 Å². The molecule has 0 heterocycles. The lowest BCUT2D eigenvalue weighted by Gasteiger charge is -2.48. The van der Waals surface area contributed by atoms with Gasteiger partial charge < -0.3 is 29.5 Å². The molecular weight excluding hydrogens is 660 g/mol. The number of hydrogen-bond donors (Lipinski definition) is 2. The van der Waals surface area contributed by atoms with E-state index >= 15 is 0 Å². The summed E-state index contributed by atoms with van der Waals surface area (Å²) in [4.78, 5) is 56.4. The topological polar surface area (TPSA) is 134 Å². The van der Waals surface area contributed by atoms with Crippen LogP contribution in [0.4, 0.5) is 0 Å². The number of benzene rings is 4. The minimum Gasteiger partial charge on any atom is -0.481 e. The highest BCUT2D eigenvalue weighted by atomic mass is 16.5. The zero-order valence-electron chi connectivity index (χ0n) is 29.6. The van der Waals surface area contributed by atoms with Gasteiger partial charge in [-0.25, -0.2) is 0 Å². The third kappa shape index (κ3) is 9.37. The maximum atomic E-state index is 14.0. The number of nitrogens with zero attached hydrogens (tertiary/aromatic N) is 2. The molecule has 0 saturated heterocycles. The second kappa shape index (κ2) is 18.0. The largest absolute Gasteiger partial charge is 0.481 e. The first-order valence-electron chi connectivity index (χ1n) is 17.9. The summed E-state index contributed by atoms with van der Waals surface area (Å²) < 4.78 is 11.7. The second-order valence-electron chi connectivity index (χ2n) is 13.0. The van der Waals surface area contributed by atoms with Gasteiger partial charge in [0, 0.05) is 26.2 Å². The lowest BCUT2D eigenvalue weighted by Crippen LogP contribution is -2.64. The molecule has 0 unspecified atom stereocenters. The van der Waals surface area contributed by atoms with Gasteiger partial charge in [-0.3, -0.25) is 19.2 Å². The van der Waals surface area contributed by atoms with E-state index in [2.05, 4.69) is 0 Å². The molecule has 0 aliphatic heterocycles. The van der Waals surface area contributed by atoms with Gasteiger partial charge in [-0.1, -0.05) is 74.5 Å². The van der Waals surface area contributed by atoms with E-state index in [4.69, 9.17) is 9.47 Å². The third-order valence-corrected chi connectivity index (χ3v) is 9.44. The molecule has 1 aliphatic carbocycles. The maximum Gasteiger partial charge on any atom is 0.308 e. The predicted octanol–water partition coefficient (Wildman–Crippen LogP) is 7.18.